The number of hydrogen-bond acceptors (Lipinski definition) is 3. The molecule has 2 aromatic rings. The second kappa shape index (κ2) is 3.85. The lowest BCUT2D eigenvalue weighted by atomic mass is 10.0. The van der Waals surface area contributed by atoms with Crippen molar-refractivity contribution in [3.63, 3.8) is 0 Å². The average Bonchev–Trinajstić information content (AvgIpc) is 3.06. The van der Waals surface area contributed by atoms with Gasteiger partial charge in [-0.15, -0.1) is 0 Å². The third kappa shape index (κ3) is 2.02. The number of hydrogen-bond donors (Lipinski definition) is 1. The smallest absolute Gasteiger partial charge is 0.384 e. The zero-order chi connectivity index (χ0) is 13.8. The van der Waals surface area contributed by atoms with Crippen LogP contribution in [0.5, 0.6) is 0 Å². The van der Waals surface area contributed by atoms with E-state index < -0.39 is 11.7 Å². The van der Waals surface area contributed by atoms with Crippen molar-refractivity contribution in [2.24, 2.45) is 5.92 Å². The first-order valence-electron chi connectivity index (χ1n) is 6.09. The topological polar surface area (TPSA) is 56.2 Å². The lowest BCUT2D eigenvalue weighted by Gasteiger charge is -2.12. The Morgan fingerprint density at radius 3 is 2.68 bits per heavy atom. The van der Waals surface area contributed by atoms with Gasteiger partial charge in [0.2, 0.25) is 0 Å². The number of halogens is 3. The molecule has 0 saturated heterocycles. The summed E-state index contributed by atoms with van der Waals surface area (Å²) < 4.78 is 39.6. The molecule has 19 heavy (non-hydrogen) atoms. The molecule has 0 aromatic carbocycles. The van der Waals surface area contributed by atoms with Crippen LogP contribution in [-0.4, -0.2) is 14.6 Å². The monoisotopic (exact) mass is 270 g/mol. The van der Waals surface area contributed by atoms with Crippen LogP contribution in [0, 0.1) is 5.92 Å². The van der Waals surface area contributed by atoms with E-state index in [1.165, 1.54) is 0 Å². The van der Waals surface area contributed by atoms with Crippen LogP contribution in [0.1, 0.15) is 36.9 Å². The maximum Gasteiger partial charge on any atom is 0.421 e. The van der Waals surface area contributed by atoms with Gasteiger partial charge in [-0.05, 0) is 18.8 Å². The van der Waals surface area contributed by atoms with Crippen LogP contribution in [-0.2, 0) is 6.18 Å². The zero-order valence-electron chi connectivity index (χ0n) is 10.3. The van der Waals surface area contributed by atoms with E-state index >= 15 is 0 Å². The van der Waals surface area contributed by atoms with E-state index in [2.05, 4.69) is 10.1 Å². The van der Waals surface area contributed by atoms with Crippen molar-refractivity contribution in [2.45, 2.75) is 31.9 Å². The Balaban J connectivity index is 2.16. The average molecular weight is 270 g/mol. The van der Waals surface area contributed by atoms with Crippen LogP contribution >= 0.6 is 0 Å². The predicted molar refractivity (Wildman–Crippen MR) is 63.5 cm³/mol. The van der Waals surface area contributed by atoms with Gasteiger partial charge in [0.25, 0.3) is 0 Å². The molecule has 1 aliphatic carbocycles. The second-order valence-corrected chi connectivity index (χ2v) is 5.02. The second-order valence-electron chi connectivity index (χ2n) is 5.02. The SMILES string of the molecule is C[C@H](c1cc(N)n2ncc(C(F)(F)F)c2n1)C1CC1. The molecule has 4 nitrogen and oxygen atoms in total. The summed E-state index contributed by atoms with van der Waals surface area (Å²) in [7, 11) is 0. The molecule has 1 saturated carbocycles. The molecule has 0 amide bonds. The highest BCUT2D eigenvalue weighted by molar-refractivity contribution is 5.54. The maximum absolute atomic E-state index is 12.9. The van der Waals surface area contributed by atoms with Crippen LogP contribution in [0.15, 0.2) is 12.3 Å². The standard InChI is InChI=1S/C12H13F3N4/c1-6(7-2-3-7)9-4-10(16)19-11(18-9)8(5-17-19)12(13,14)15/h4-7H,2-3,16H2,1H3/t6-/m0/s1. The van der Waals surface area contributed by atoms with Crippen molar-refractivity contribution in [3.05, 3.63) is 23.5 Å². The number of aromatic nitrogens is 3. The number of rotatable bonds is 2. The summed E-state index contributed by atoms with van der Waals surface area (Å²) in [6.07, 6.45) is -1.51. The van der Waals surface area contributed by atoms with E-state index in [1.54, 1.807) is 6.07 Å². The highest BCUT2D eigenvalue weighted by Crippen LogP contribution is 2.42. The fraction of sp³-hybridized carbons (Fsp3) is 0.500. The van der Waals surface area contributed by atoms with Crippen molar-refractivity contribution in [1.82, 2.24) is 14.6 Å². The first-order valence-corrected chi connectivity index (χ1v) is 6.09. The molecular formula is C12H13F3N4. The Morgan fingerprint density at radius 2 is 2.11 bits per heavy atom. The highest BCUT2D eigenvalue weighted by atomic mass is 19.4. The summed E-state index contributed by atoms with van der Waals surface area (Å²) in [6, 6.07) is 1.61. The van der Waals surface area contributed by atoms with Gasteiger partial charge in [0, 0.05) is 17.7 Å². The van der Waals surface area contributed by atoms with Crippen molar-refractivity contribution in [2.75, 3.05) is 5.73 Å². The summed E-state index contributed by atoms with van der Waals surface area (Å²) in [5, 5.41) is 3.65. The number of nitrogens with zero attached hydrogens (tertiary/aromatic N) is 3. The molecule has 1 atom stereocenters. The van der Waals surface area contributed by atoms with Gasteiger partial charge in [0.1, 0.15) is 11.4 Å². The Bertz CT molecular complexity index is 628. The minimum atomic E-state index is -4.47. The Hall–Kier alpha value is -1.79. The third-order valence-corrected chi connectivity index (χ3v) is 3.62. The van der Waals surface area contributed by atoms with E-state index in [4.69, 9.17) is 5.73 Å². The molecule has 102 valence electrons. The van der Waals surface area contributed by atoms with Gasteiger partial charge in [-0.1, -0.05) is 6.92 Å². The summed E-state index contributed by atoms with van der Waals surface area (Å²) in [4.78, 5) is 4.12. The van der Waals surface area contributed by atoms with E-state index in [9.17, 15) is 13.2 Å². The number of alkyl halides is 3. The number of anilines is 1. The number of nitrogens with two attached hydrogens (primary N) is 1. The van der Waals surface area contributed by atoms with Crippen LogP contribution < -0.4 is 5.73 Å². The molecule has 2 aromatic heterocycles. The minimum Gasteiger partial charge on any atom is -0.384 e. The van der Waals surface area contributed by atoms with Crippen LogP contribution in [0.2, 0.25) is 0 Å². The third-order valence-electron chi connectivity index (χ3n) is 3.62. The molecule has 2 N–H and O–H groups in total. The summed E-state index contributed by atoms with van der Waals surface area (Å²) in [5.74, 6) is 0.817. The van der Waals surface area contributed by atoms with E-state index in [-0.39, 0.29) is 17.4 Å². The quantitative estimate of drug-likeness (QED) is 0.912. The molecule has 7 heteroatoms. The Morgan fingerprint density at radius 1 is 1.42 bits per heavy atom. The largest absolute Gasteiger partial charge is 0.421 e. The molecule has 1 fully saturated rings. The van der Waals surface area contributed by atoms with Gasteiger partial charge in [0.05, 0.1) is 6.20 Å². The Labute approximate surface area is 107 Å². The molecule has 1 aliphatic rings. The van der Waals surface area contributed by atoms with Gasteiger partial charge in [-0.3, -0.25) is 0 Å². The zero-order valence-corrected chi connectivity index (χ0v) is 10.3. The lowest BCUT2D eigenvalue weighted by molar-refractivity contribution is -0.136. The Kier molecular flexibility index (Phi) is 2.48. The number of nitrogen functional groups attached to an aromatic ring is 1. The predicted octanol–water partition coefficient (Wildman–Crippen LogP) is 2.84. The number of fused-ring (bicyclic) bond motifs is 1. The van der Waals surface area contributed by atoms with E-state index in [1.807, 2.05) is 6.92 Å². The fourth-order valence-electron chi connectivity index (χ4n) is 2.28. The van der Waals surface area contributed by atoms with Gasteiger partial charge in [-0.2, -0.15) is 22.8 Å². The van der Waals surface area contributed by atoms with E-state index in [0.29, 0.717) is 11.6 Å². The molecule has 0 spiro atoms. The van der Waals surface area contributed by atoms with Gasteiger partial charge >= 0.3 is 6.18 Å². The molecule has 0 aliphatic heterocycles. The van der Waals surface area contributed by atoms with Crippen LogP contribution in [0.4, 0.5) is 19.0 Å². The van der Waals surface area contributed by atoms with Gasteiger partial charge < -0.3 is 5.73 Å². The van der Waals surface area contributed by atoms with Crippen LogP contribution in [0.3, 0.4) is 0 Å². The molecule has 0 radical (unpaired) electrons. The van der Waals surface area contributed by atoms with Crippen molar-refractivity contribution < 1.29 is 13.2 Å². The minimum absolute atomic E-state index is 0.128. The van der Waals surface area contributed by atoms with Crippen molar-refractivity contribution >= 4 is 11.5 Å². The normalized spacial score (nSPS) is 17.9. The van der Waals surface area contributed by atoms with Gasteiger partial charge in [0.15, 0.2) is 5.65 Å². The maximum atomic E-state index is 12.9. The fourth-order valence-corrected chi connectivity index (χ4v) is 2.28. The van der Waals surface area contributed by atoms with E-state index in [0.717, 1.165) is 23.6 Å². The summed E-state index contributed by atoms with van der Waals surface area (Å²) >= 11 is 0. The lowest BCUT2D eigenvalue weighted by Crippen LogP contribution is -2.10. The van der Waals surface area contributed by atoms with Crippen molar-refractivity contribution in [3.8, 4) is 0 Å². The van der Waals surface area contributed by atoms with Crippen LogP contribution in [0.25, 0.3) is 5.65 Å². The molecule has 0 unspecified atom stereocenters. The molecule has 2 heterocycles. The summed E-state index contributed by atoms with van der Waals surface area (Å²) in [5.41, 5.74) is 5.32. The molecule has 3 rings (SSSR count). The first kappa shape index (κ1) is 12.3. The highest BCUT2D eigenvalue weighted by Gasteiger charge is 2.36. The van der Waals surface area contributed by atoms with Crippen molar-refractivity contribution in [1.29, 1.82) is 0 Å². The molecule has 0 bridgehead atoms. The van der Waals surface area contributed by atoms with Gasteiger partial charge in [-0.25, -0.2) is 4.98 Å². The molecular weight excluding hydrogens is 257 g/mol. The summed E-state index contributed by atoms with van der Waals surface area (Å²) in [6.45, 7) is 1.97. The first-order chi connectivity index (χ1) is 8.88.